The number of nitrogens with one attached hydrogen (secondary N) is 1. The number of hydrogen-bond acceptors (Lipinski definition) is 2. The molecule has 0 aliphatic carbocycles. The fourth-order valence-corrected chi connectivity index (χ4v) is 2.09. The molecule has 2 aromatic rings. The first kappa shape index (κ1) is 12.8. The first-order valence-electron chi connectivity index (χ1n) is 5.57. The molecule has 0 spiro atoms. The third-order valence-corrected chi connectivity index (χ3v) is 3.11. The third-order valence-electron chi connectivity index (χ3n) is 2.78. The summed E-state index contributed by atoms with van der Waals surface area (Å²) < 4.78 is 15.4. The van der Waals surface area contributed by atoms with Gasteiger partial charge in [0.05, 0.1) is 11.0 Å². The molecular weight excluding hydrogens is 253 g/mol. The van der Waals surface area contributed by atoms with Crippen LogP contribution in [-0.2, 0) is 11.3 Å². The molecule has 1 N–H and O–H groups in total. The van der Waals surface area contributed by atoms with Crippen molar-refractivity contribution in [1.82, 2.24) is 14.5 Å². The second-order valence-electron chi connectivity index (χ2n) is 4.28. The molecular formula is C12H14FN3OS. The van der Waals surface area contributed by atoms with Gasteiger partial charge in [-0.15, -0.1) is 0 Å². The number of carbonyl (C=O) groups is 1. The zero-order valence-electron chi connectivity index (χ0n) is 10.2. The van der Waals surface area contributed by atoms with Crippen molar-refractivity contribution in [3.8, 4) is 0 Å². The molecule has 96 valence electrons. The van der Waals surface area contributed by atoms with E-state index in [9.17, 15) is 9.18 Å². The lowest BCUT2D eigenvalue weighted by molar-refractivity contribution is -0.128. The summed E-state index contributed by atoms with van der Waals surface area (Å²) in [6, 6.07) is 4.45. The molecule has 0 atom stereocenters. The molecule has 0 fully saturated rings. The molecule has 2 rings (SSSR count). The van der Waals surface area contributed by atoms with Crippen LogP contribution in [0.1, 0.15) is 6.42 Å². The number of H-pyrrole nitrogens is 1. The highest BCUT2D eigenvalue weighted by atomic mass is 32.1. The number of aryl methyl sites for hydroxylation is 1. The molecule has 0 bridgehead atoms. The zero-order chi connectivity index (χ0) is 13.3. The molecule has 0 radical (unpaired) electrons. The first-order valence-corrected chi connectivity index (χ1v) is 5.98. The molecule has 0 saturated carbocycles. The average Bonchev–Trinajstić information content (AvgIpc) is 2.60. The van der Waals surface area contributed by atoms with Crippen LogP contribution in [0.3, 0.4) is 0 Å². The van der Waals surface area contributed by atoms with E-state index in [1.807, 2.05) is 4.57 Å². The molecule has 1 aromatic heterocycles. The summed E-state index contributed by atoms with van der Waals surface area (Å²) >= 11 is 5.17. The minimum Gasteiger partial charge on any atom is -0.349 e. The largest absolute Gasteiger partial charge is 0.349 e. The van der Waals surface area contributed by atoms with Gasteiger partial charge in [0, 0.05) is 27.1 Å². The fourth-order valence-electron chi connectivity index (χ4n) is 1.79. The Kier molecular flexibility index (Phi) is 3.47. The molecule has 0 unspecified atom stereocenters. The van der Waals surface area contributed by atoms with E-state index >= 15 is 0 Å². The average molecular weight is 267 g/mol. The Morgan fingerprint density at radius 1 is 1.50 bits per heavy atom. The van der Waals surface area contributed by atoms with Crippen molar-refractivity contribution in [3.63, 3.8) is 0 Å². The SMILES string of the molecule is CN(C)C(=O)CCn1c(=S)[nH]c2cc(F)ccc21. The summed E-state index contributed by atoms with van der Waals surface area (Å²) in [5, 5.41) is 0. The molecule has 1 amide bonds. The highest BCUT2D eigenvalue weighted by Crippen LogP contribution is 2.16. The molecule has 0 aliphatic rings. The quantitative estimate of drug-likeness (QED) is 0.867. The van der Waals surface area contributed by atoms with Gasteiger partial charge in [0.2, 0.25) is 5.91 Å². The van der Waals surface area contributed by atoms with Crippen molar-refractivity contribution in [2.75, 3.05) is 14.1 Å². The van der Waals surface area contributed by atoms with E-state index in [-0.39, 0.29) is 11.7 Å². The maximum Gasteiger partial charge on any atom is 0.223 e. The number of amides is 1. The lowest BCUT2D eigenvalue weighted by atomic mass is 10.3. The van der Waals surface area contributed by atoms with Gasteiger partial charge in [0.15, 0.2) is 4.77 Å². The van der Waals surface area contributed by atoms with Crippen LogP contribution >= 0.6 is 12.2 Å². The minimum atomic E-state index is -0.310. The van der Waals surface area contributed by atoms with Gasteiger partial charge in [0.1, 0.15) is 5.82 Å². The van der Waals surface area contributed by atoms with E-state index < -0.39 is 0 Å². The molecule has 4 nitrogen and oxygen atoms in total. The molecule has 1 aromatic carbocycles. The third kappa shape index (κ3) is 2.43. The van der Waals surface area contributed by atoms with Crippen LogP contribution in [0.2, 0.25) is 0 Å². The predicted octanol–water partition coefficient (Wildman–Crippen LogP) is 2.32. The van der Waals surface area contributed by atoms with Crippen LogP contribution in [0, 0.1) is 10.6 Å². The van der Waals surface area contributed by atoms with Gasteiger partial charge in [-0.25, -0.2) is 4.39 Å². The summed E-state index contributed by atoms with van der Waals surface area (Å²) in [6.45, 7) is 0.488. The minimum absolute atomic E-state index is 0.0355. The number of aromatic nitrogens is 2. The van der Waals surface area contributed by atoms with Gasteiger partial charge < -0.3 is 14.5 Å². The van der Waals surface area contributed by atoms with Gasteiger partial charge in [-0.05, 0) is 30.4 Å². The van der Waals surface area contributed by atoms with Crippen LogP contribution < -0.4 is 0 Å². The Bertz CT molecular complexity index is 644. The zero-order valence-corrected chi connectivity index (χ0v) is 11.1. The Morgan fingerprint density at radius 2 is 2.22 bits per heavy atom. The Balaban J connectivity index is 2.31. The van der Waals surface area contributed by atoms with Crippen molar-refractivity contribution in [2.45, 2.75) is 13.0 Å². The van der Waals surface area contributed by atoms with Crippen LogP contribution in [0.5, 0.6) is 0 Å². The van der Waals surface area contributed by atoms with Crippen LogP contribution in [0.25, 0.3) is 11.0 Å². The maximum absolute atomic E-state index is 13.1. The molecule has 1 heterocycles. The number of nitrogens with zero attached hydrogens (tertiary/aromatic N) is 2. The Morgan fingerprint density at radius 3 is 2.89 bits per heavy atom. The van der Waals surface area contributed by atoms with E-state index in [4.69, 9.17) is 12.2 Å². The number of halogens is 1. The fraction of sp³-hybridized carbons (Fsp3) is 0.333. The number of hydrogen-bond donors (Lipinski definition) is 1. The monoisotopic (exact) mass is 267 g/mol. The first-order chi connectivity index (χ1) is 8.49. The number of aromatic amines is 1. The number of rotatable bonds is 3. The molecule has 18 heavy (non-hydrogen) atoms. The lowest BCUT2D eigenvalue weighted by Crippen LogP contribution is -2.22. The van der Waals surface area contributed by atoms with E-state index in [1.54, 1.807) is 20.2 Å². The van der Waals surface area contributed by atoms with E-state index in [0.29, 0.717) is 23.3 Å². The second-order valence-corrected chi connectivity index (χ2v) is 4.67. The van der Waals surface area contributed by atoms with Crippen molar-refractivity contribution >= 4 is 29.2 Å². The van der Waals surface area contributed by atoms with Crippen LogP contribution in [-0.4, -0.2) is 34.5 Å². The van der Waals surface area contributed by atoms with Crippen LogP contribution in [0.4, 0.5) is 4.39 Å². The highest BCUT2D eigenvalue weighted by molar-refractivity contribution is 7.71. The topological polar surface area (TPSA) is 41.0 Å². The van der Waals surface area contributed by atoms with Gasteiger partial charge in [0.25, 0.3) is 0 Å². The second kappa shape index (κ2) is 4.89. The van der Waals surface area contributed by atoms with Gasteiger partial charge in [-0.2, -0.15) is 0 Å². The summed E-state index contributed by atoms with van der Waals surface area (Å²) in [6.07, 6.45) is 0.367. The Hall–Kier alpha value is -1.69. The predicted molar refractivity (Wildman–Crippen MR) is 70.4 cm³/mol. The maximum atomic E-state index is 13.1. The van der Waals surface area contributed by atoms with Crippen LogP contribution in [0.15, 0.2) is 18.2 Å². The van der Waals surface area contributed by atoms with Crippen molar-refractivity contribution in [2.24, 2.45) is 0 Å². The number of imidazole rings is 1. The molecule has 0 saturated heterocycles. The normalized spacial score (nSPS) is 10.8. The highest BCUT2D eigenvalue weighted by Gasteiger charge is 2.08. The van der Waals surface area contributed by atoms with Gasteiger partial charge in [-0.3, -0.25) is 4.79 Å². The summed E-state index contributed by atoms with van der Waals surface area (Å²) in [5.74, 6) is -0.274. The van der Waals surface area contributed by atoms with E-state index in [1.165, 1.54) is 17.0 Å². The molecule has 6 heteroatoms. The van der Waals surface area contributed by atoms with E-state index in [0.717, 1.165) is 5.52 Å². The van der Waals surface area contributed by atoms with E-state index in [2.05, 4.69) is 4.98 Å². The summed E-state index contributed by atoms with van der Waals surface area (Å²) in [5.41, 5.74) is 1.46. The van der Waals surface area contributed by atoms with Gasteiger partial charge in [-0.1, -0.05) is 0 Å². The van der Waals surface area contributed by atoms with Crippen molar-refractivity contribution < 1.29 is 9.18 Å². The molecule has 0 aliphatic heterocycles. The van der Waals surface area contributed by atoms with Crippen molar-refractivity contribution in [3.05, 3.63) is 28.8 Å². The number of carbonyl (C=O) groups excluding carboxylic acids is 1. The number of benzene rings is 1. The Labute approximate surface area is 109 Å². The van der Waals surface area contributed by atoms with Crippen molar-refractivity contribution in [1.29, 1.82) is 0 Å². The summed E-state index contributed by atoms with van der Waals surface area (Å²) in [4.78, 5) is 16.0. The van der Waals surface area contributed by atoms with Gasteiger partial charge >= 0.3 is 0 Å². The number of fused-ring (bicyclic) bond motifs is 1. The standard InChI is InChI=1S/C12H14FN3OS/c1-15(2)11(17)5-6-16-10-4-3-8(13)7-9(10)14-12(16)18/h3-4,7H,5-6H2,1-2H3,(H,14,18). The lowest BCUT2D eigenvalue weighted by Gasteiger charge is -2.10. The smallest absolute Gasteiger partial charge is 0.223 e. The summed E-state index contributed by atoms with van der Waals surface area (Å²) in [7, 11) is 3.43.